The van der Waals surface area contributed by atoms with E-state index >= 15 is 0 Å². The molecule has 1 aliphatic rings. The molecule has 98 valence electrons. The van der Waals surface area contributed by atoms with E-state index in [9.17, 15) is 13.9 Å². The van der Waals surface area contributed by atoms with Gasteiger partial charge in [0.15, 0.2) is 0 Å². The highest BCUT2D eigenvalue weighted by Crippen LogP contribution is 2.44. The van der Waals surface area contributed by atoms with E-state index in [0.29, 0.717) is 19.3 Å². The van der Waals surface area contributed by atoms with Crippen molar-refractivity contribution in [3.05, 3.63) is 24.8 Å². The number of halogens is 2. The summed E-state index contributed by atoms with van der Waals surface area (Å²) in [5.41, 5.74) is 3.42. The first-order valence-electron chi connectivity index (χ1n) is 5.98. The lowest BCUT2D eigenvalue weighted by Crippen LogP contribution is -2.54. The van der Waals surface area contributed by atoms with Gasteiger partial charge in [-0.3, -0.25) is 0 Å². The van der Waals surface area contributed by atoms with Crippen LogP contribution in [-0.2, 0) is 0 Å². The number of nitrogens with two attached hydrogens (primary N) is 1. The van der Waals surface area contributed by atoms with Crippen molar-refractivity contribution in [2.24, 2.45) is 5.73 Å². The van der Waals surface area contributed by atoms with E-state index in [4.69, 9.17) is 5.73 Å². The molecule has 1 aliphatic carbocycles. The van der Waals surface area contributed by atoms with Gasteiger partial charge in [0, 0.05) is 6.04 Å². The predicted molar refractivity (Wildman–Crippen MR) is 64.9 cm³/mol. The fourth-order valence-corrected chi connectivity index (χ4v) is 2.34. The number of alkyl halides is 2. The number of hydrogen-bond acceptors (Lipinski definition) is 2. The molecule has 0 radical (unpaired) electrons. The molecule has 0 aliphatic heterocycles. The Bertz CT molecular complexity index is 304. The van der Waals surface area contributed by atoms with Crippen LogP contribution >= 0.6 is 0 Å². The zero-order valence-corrected chi connectivity index (χ0v) is 10.1. The predicted octanol–water partition coefficient (Wildman–Crippen LogP) is 2.78. The third-order valence-corrected chi connectivity index (χ3v) is 3.44. The van der Waals surface area contributed by atoms with Gasteiger partial charge >= 0.3 is 0 Å². The van der Waals surface area contributed by atoms with E-state index in [1.165, 1.54) is 0 Å². The average Bonchev–Trinajstić information content (AvgIpc) is 2.25. The highest BCUT2D eigenvalue weighted by molar-refractivity contribution is 5.18. The van der Waals surface area contributed by atoms with Crippen molar-refractivity contribution in [2.75, 3.05) is 0 Å². The maximum atomic E-state index is 14.1. The smallest absolute Gasteiger partial charge is 0.297 e. The second-order valence-corrected chi connectivity index (χ2v) is 4.89. The van der Waals surface area contributed by atoms with Crippen LogP contribution in [0.3, 0.4) is 0 Å². The number of aliphatic hydroxyl groups is 1. The van der Waals surface area contributed by atoms with Crippen LogP contribution in [0, 0.1) is 0 Å². The number of allylic oxidation sites excluding steroid dienone is 1. The maximum Gasteiger partial charge on any atom is 0.297 e. The SMILES string of the molecule is C=CCCC(=C)C(F)(F)C1(O)CCCC(N)C1. The van der Waals surface area contributed by atoms with Crippen LogP contribution in [0.15, 0.2) is 24.8 Å². The lowest BCUT2D eigenvalue weighted by Gasteiger charge is -2.41. The van der Waals surface area contributed by atoms with Gasteiger partial charge in [-0.2, -0.15) is 8.78 Å². The highest BCUT2D eigenvalue weighted by atomic mass is 19.3. The Morgan fingerprint density at radius 2 is 2.24 bits per heavy atom. The van der Waals surface area contributed by atoms with Crippen molar-refractivity contribution in [3.63, 3.8) is 0 Å². The Labute approximate surface area is 101 Å². The molecule has 0 heterocycles. The Balaban J connectivity index is 2.79. The van der Waals surface area contributed by atoms with Crippen molar-refractivity contribution in [1.82, 2.24) is 0 Å². The zero-order chi connectivity index (χ0) is 13.1. The molecule has 3 N–H and O–H groups in total. The quantitative estimate of drug-likeness (QED) is 0.732. The largest absolute Gasteiger partial charge is 0.383 e. The van der Waals surface area contributed by atoms with Crippen molar-refractivity contribution in [3.8, 4) is 0 Å². The van der Waals surface area contributed by atoms with Gasteiger partial charge in [-0.25, -0.2) is 0 Å². The van der Waals surface area contributed by atoms with Crippen LogP contribution in [0.5, 0.6) is 0 Å². The zero-order valence-electron chi connectivity index (χ0n) is 10.1. The fraction of sp³-hybridized carbons (Fsp3) is 0.692. The van der Waals surface area contributed by atoms with Gasteiger partial charge in [0.1, 0.15) is 5.60 Å². The van der Waals surface area contributed by atoms with Crippen LogP contribution < -0.4 is 5.73 Å². The first-order chi connectivity index (χ1) is 7.83. The standard InChI is InChI=1S/C13H21F2NO/c1-3-4-6-10(2)13(14,15)12(17)8-5-7-11(16)9-12/h3,11,17H,1-2,4-9,16H2. The molecule has 0 aromatic carbocycles. The number of rotatable bonds is 5. The molecule has 0 spiro atoms. The van der Waals surface area contributed by atoms with Gasteiger partial charge in [0.25, 0.3) is 5.92 Å². The number of hydrogen-bond donors (Lipinski definition) is 2. The van der Waals surface area contributed by atoms with Gasteiger partial charge in [-0.15, -0.1) is 6.58 Å². The van der Waals surface area contributed by atoms with E-state index in [2.05, 4.69) is 13.2 Å². The van der Waals surface area contributed by atoms with Crippen LogP contribution in [0.25, 0.3) is 0 Å². The van der Waals surface area contributed by atoms with Gasteiger partial charge in [-0.1, -0.05) is 12.7 Å². The Hall–Kier alpha value is -0.740. The van der Waals surface area contributed by atoms with Crippen molar-refractivity contribution < 1.29 is 13.9 Å². The minimum absolute atomic E-state index is 0.0624. The molecule has 2 unspecified atom stereocenters. The minimum atomic E-state index is -3.27. The molecule has 1 fully saturated rings. The molecule has 0 amide bonds. The van der Waals surface area contributed by atoms with Crippen molar-refractivity contribution in [1.29, 1.82) is 0 Å². The van der Waals surface area contributed by atoms with Crippen LogP contribution in [-0.4, -0.2) is 22.7 Å². The third-order valence-electron chi connectivity index (χ3n) is 3.44. The van der Waals surface area contributed by atoms with Crippen LogP contribution in [0.4, 0.5) is 8.78 Å². The van der Waals surface area contributed by atoms with Crippen LogP contribution in [0.1, 0.15) is 38.5 Å². The van der Waals surface area contributed by atoms with E-state index < -0.39 is 11.5 Å². The van der Waals surface area contributed by atoms with Crippen molar-refractivity contribution in [2.45, 2.75) is 56.1 Å². The molecule has 1 saturated carbocycles. The highest BCUT2D eigenvalue weighted by Gasteiger charge is 2.55. The summed E-state index contributed by atoms with van der Waals surface area (Å²) in [6, 6.07) is -0.355. The Morgan fingerprint density at radius 1 is 1.59 bits per heavy atom. The summed E-state index contributed by atoms with van der Waals surface area (Å²) in [6.45, 7) is 6.90. The molecule has 0 aromatic rings. The molecule has 4 heteroatoms. The Morgan fingerprint density at radius 3 is 2.76 bits per heavy atom. The topological polar surface area (TPSA) is 46.2 Å². The van der Waals surface area contributed by atoms with E-state index in [1.807, 2.05) is 0 Å². The average molecular weight is 245 g/mol. The lowest BCUT2D eigenvalue weighted by atomic mass is 9.75. The first kappa shape index (κ1) is 14.3. The summed E-state index contributed by atoms with van der Waals surface area (Å²) >= 11 is 0. The molecule has 0 saturated heterocycles. The molecule has 1 rings (SSSR count). The van der Waals surface area contributed by atoms with Gasteiger partial charge in [0.2, 0.25) is 0 Å². The van der Waals surface area contributed by atoms with Crippen molar-refractivity contribution >= 4 is 0 Å². The maximum absolute atomic E-state index is 14.1. The molecular weight excluding hydrogens is 224 g/mol. The van der Waals surface area contributed by atoms with Gasteiger partial charge < -0.3 is 10.8 Å². The molecule has 2 nitrogen and oxygen atoms in total. The summed E-state index contributed by atoms with van der Waals surface area (Å²) in [7, 11) is 0. The third kappa shape index (κ3) is 2.93. The summed E-state index contributed by atoms with van der Waals surface area (Å²) in [5.74, 6) is -3.27. The fourth-order valence-electron chi connectivity index (χ4n) is 2.34. The second kappa shape index (κ2) is 5.27. The molecular formula is C13H21F2NO. The molecule has 2 atom stereocenters. The summed E-state index contributed by atoms with van der Waals surface area (Å²) in [6.07, 6.45) is 3.40. The second-order valence-electron chi connectivity index (χ2n) is 4.89. The molecule has 17 heavy (non-hydrogen) atoms. The lowest BCUT2D eigenvalue weighted by molar-refractivity contribution is -0.175. The molecule has 0 bridgehead atoms. The van der Waals surface area contributed by atoms with Gasteiger partial charge in [0.05, 0.1) is 0 Å². The monoisotopic (exact) mass is 245 g/mol. The minimum Gasteiger partial charge on any atom is -0.383 e. The van der Waals surface area contributed by atoms with Gasteiger partial charge in [-0.05, 0) is 44.1 Å². The van der Waals surface area contributed by atoms with E-state index in [1.54, 1.807) is 6.08 Å². The summed E-state index contributed by atoms with van der Waals surface area (Å²) in [4.78, 5) is 0. The molecule has 0 aromatic heterocycles. The summed E-state index contributed by atoms with van der Waals surface area (Å²) < 4.78 is 28.3. The van der Waals surface area contributed by atoms with Crippen LogP contribution in [0.2, 0.25) is 0 Å². The summed E-state index contributed by atoms with van der Waals surface area (Å²) in [5, 5.41) is 10.1. The van der Waals surface area contributed by atoms with E-state index in [-0.39, 0.29) is 30.9 Å². The Kier molecular flexibility index (Phi) is 4.44. The first-order valence-corrected chi connectivity index (χ1v) is 5.98. The van der Waals surface area contributed by atoms with E-state index in [0.717, 1.165) is 0 Å². The normalized spacial score (nSPS) is 30.0.